The molecule has 2 fully saturated rings. The van der Waals surface area contributed by atoms with Gasteiger partial charge in [0.2, 0.25) is 17.7 Å². The van der Waals surface area contributed by atoms with E-state index in [1.165, 1.54) is 6.07 Å². The van der Waals surface area contributed by atoms with E-state index < -0.39 is 11.7 Å². The van der Waals surface area contributed by atoms with Gasteiger partial charge in [0.15, 0.2) is 0 Å². The maximum absolute atomic E-state index is 13.9. The maximum atomic E-state index is 13.9. The highest BCUT2D eigenvalue weighted by Gasteiger charge is 2.35. The molecule has 2 aliphatic rings. The van der Waals surface area contributed by atoms with Crippen molar-refractivity contribution in [3.63, 3.8) is 0 Å². The first-order valence-corrected chi connectivity index (χ1v) is 12.9. The molecule has 40 heavy (non-hydrogen) atoms. The van der Waals surface area contributed by atoms with Gasteiger partial charge in [-0.15, -0.1) is 0 Å². The first-order chi connectivity index (χ1) is 19.2. The van der Waals surface area contributed by atoms with Crippen LogP contribution in [0.2, 0.25) is 0 Å². The largest absolute Gasteiger partial charge is 0.474 e. The van der Waals surface area contributed by atoms with Gasteiger partial charge in [-0.3, -0.25) is 4.79 Å². The Labute approximate surface area is 228 Å². The number of anilines is 4. The molecule has 5 rings (SSSR count). The number of piperidine rings is 1. The van der Waals surface area contributed by atoms with Crippen LogP contribution >= 0.6 is 0 Å². The highest BCUT2D eigenvalue weighted by molar-refractivity contribution is 5.73. The Balaban J connectivity index is 1.38. The predicted molar refractivity (Wildman–Crippen MR) is 141 cm³/mol. The van der Waals surface area contributed by atoms with Gasteiger partial charge in [-0.25, -0.2) is 15.0 Å². The van der Waals surface area contributed by atoms with Gasteiger partial charge in [-0.05, 0) is 12.1 Å². The second-order valence-corrected chi connectivity index (χ2v) is 9.52. The van der Waals surface area contributed by atoms with Crippen molar-refractivity contribution < 1.29 is 27.4 Å². The number of morpholine rings is 1. The first-order valence-electron chi connectivity index (χ1n) is 12.9. The number of hydrogen-bond acceptors (Lipinski definition) is 10. The number of nitrogens with two attached hydrogens (primary N) is 1. The molecule has 0 atom stereocenters. The summed E-state index contributed by atoms with van der Waals surface area (Å²) in [6.07, 6.45) is -0.639. The average molecular weight is 559 g/mol. The van der Waals surface area contributed by atoms with Crippen LogP contribution in [-0.4, -0.2) is 76.2 Å². The molecule has 0 aromatic carbocycles. The van der Waals surface area contributed by atoms with E-state index in [4.69, 9.17) is 15.2 Å². The lowest BCUT2D eigenvalue weighted by molar-refractivity contribution is -0.137. The van der Waals surface area contributed by atoms with E-state index in [1.54, 1.807) is 30.2 Å². The molecule has 212 valence electrons. The fourth-order valence-corrected chi connectivity index (χ4v) is 4.58. The normalized spacial score (nSPS) is 16.6. The van der Waals surface area contributed by atoms with Crippen molar-refractivity contribution in [1.29, 1.82) is 0 Å². The van der Waals surface area contributed by atoms with Crippen LogP contribution < -0.4 is 20.7 Å². The zero-order valence-corrected chi connectivity index (χ0v) is 21.8. The van der Waals surface area contributed by atoms with Gasteiger partial charge in [0, 0.05) is 69.8 Å². The van der Waals surface area contributed by atoms with Crippen molar-refractivity contribution >= 4 is 29.2 Å². The lowest BCUT2D eigenvalue weighted by Crippen LogP contribution is -2.40. The number of nitrogens with zero attached hydrogens (tertiary/aromatic N) is 6. The molecule has 0 unspecified atom stereocenters. The van der Waals surface area contributed by atoms with E-state index in [-0.39, 0.29) is 40.9 Å². The van der Waals surface area contributed by atoms with Crippen molar-refractivity contribution in [2.75, 3.05) is 55.3 Å². The monoisotopic (exact) mass is 558 g/mol. The number of aromatic nitrogens is 4. The molecule has 11 nitrogen and oxygen atoms in total. The van der Waals surface area contributed by atoms with Crippen LogP contribution in [0.25, 0.3) is 11.3 Å². The summed E-state index contributed by atoms with van der Waals surface area (Å²) >= 11 is 0. The van der Waals surface area contributed by atoms with Crippen LogP contribution in [0.15, 0.2) is 36.7 Å². The van der Waals surface area contributed by atoms with Gasteiger partial charge in [-0.1, -0.05) is 0 Å². The third kappa shape index (κ3) is 6.50. The minimum Gasteiger partial charge on any atom is -0.474 e. The molecular formula is C26H29F3N8O3. The smallest absolute Gasteiger partial charge is 0.417 e. The second kappa shape index (κ2) is 11.5. The minimum atomic E-state index is -4.66. The van der Waals surface area contributed by atoms with E-state index in [2.05, 4.69) is 25.3 Å². The molecule has 2 saturated heterocycles. The molecule has 3 N–H and O–H groups in total. The topological polar surface area (TPSA) is 132 Å². The highest BCUT2D eigenvalue weighted by Crippen LogP contribution is 2.38. The fourth-order valence-electron chi connectivity index (χ4n) is 4.58. The summed E-state index contributed by atoms with van der Waals surface area (Å²) < 4.78 is 53.0. The van der Waals surface area contributed by atoms with Gasteiger partial charge in [0.05, 0.1) is 36.4 Å². The number of amides is 1. The molecule has 3 aromatic rings. The van der Waals surface area contributed by atoms with Crippen LogP contribution in [0.5, 0.6) is 5.88 Å². The van der Waals surface area contributed by atoms with Gasteiger partial charge in [-0.2, -0.15) is 18.2 Å². The summed E-state index contributed by atoms with van der Waals surface area (Å²) in [5.74, 6) is 0.794. The number of carbonyl (C=O) groups excluding carboxylic acids is 1. The Morgan fingerprint density at radius 3 is 2.48 bits per heavy atom. The summed E-state index contributed by atoms with van der Waals surface area (Å²) in [5, 5.41) is 3.11. The molecule has 14 heteroatoms. The van der Waals surface area contributed by atoms with Crippen molar-refractivity contribution in [1.82, 2.24) is 24.8 Å². The lowest BCUT2D eigenvalue weighted by Gasteiger charge is -2.31. The van der Waals surface area contributed by atoms with Gasteiger partial charge in [0.25, 0.3) is 0 Å². The number of ether oxygens (including phenoxy) is 2. The number of hydrogen-bond donors (Lipinski definition) is 2. The Morgan fingerprint density at radius 1 is 1.07 bits per heavy atom. The number of alkyl halides is 3. The van der Waals surface area contributed by atoms with Crippen LogP contribution in [0.1, 0.15) is 25.3 Å². The first kappa shape index (κ1) is 27.4. The summed E-state index contributed by atoms with van der Waals surface area (Å²) in [4.78, 5) is 32.4. The lowest BCUT2D eigenvalue weighted by atomic mass is 10.1. The third-order valence-corrected chi connectivity index (χ3v) is 6.70. The van der Waals surface area contributed by atoms with E-state index >= 15 is 0 Å². The summed E-state index contributed by atoms with van der Waals surface area (Å²) in [7, 11) is 0. The number of nitrogen functional groups attached to an aromatic ring is 1. The Bertz CT molecular complexity index is 1340. The summed E-state index contributed by atoms with van der Waals surface area (Å²) in [6.45, 7) is 4.73. The zero-order chi connectivity index (χ0) is 28.3. The van der Waals surface area contributed by atoms with Crippen molar-refractivity contribution in [2.24, 2.45) is 0 Å². The standard InChI is InChI=1S/C26H29F3N8O3/c1-16(38)36-6-4-18(5-7-36)40-24-3-2-17(14-32-24)33-23-13-21(34-25(35-23)37-8-10-39-11-9-37)19-15-31-22(30)12-20(19)26(27,28)29/h2-3,12-15,18H,4-11H2,1H3,(H2,30,31)(H,33,34,35). The van der Waals surface area contributed by atoms with Crippen molar-refractivity contribution in [3.05, 3.63) is 42.2 Å². The quantitative estimate of drug-likeness (QED) is 0.463. The van der Waals surface area contributed by atoms with Gasteiger partial charge >= 0.3 is 6.18 Å². The molecule has 5 heterocycles. The number of carbonyl (C=O) groups is 1. The van der Waals surface area contributed by atoms with E-state index in [9.17, 15) is 18.0 Å². The fraction of sp³-hybridized carbons (Fsp3) is 0.423. The van der Waals surface area contributed by atoms with E-state index in [0.717, 1.165) is 25.1 Å². The van der Waals surface area contributed by atoms with E-state index in [0.29, 0.717) is 51.0 Å². The predicted octanol–water partition coefficient (Wildman–Crippen LogP) is 3.50. The SMILES string of the molecule is CC(=O)N1CCC(Oc2ccc(Nc3cc(-c4cnc(N)cc4C(F)(F)F)nc(N4CCOCC4)n3)cn2)CC1. The molecular weight excluding hydrogens is 529 g/mol. The highest BCUT2D eigenvalue weighted by atomic mass is 19.4. The van der Waals surface area contributed by atoms with Crippen molar-refractivity contribution in [3.8, 4) is 17.1 Å². The Hall–Kier alpha value is -4.20. The minimum absolute atomic E-state index is 0.0428. The molecule has 2 aliphatic heterocycles. The van der Waals surface area contributed by atoms with Crippen LogP contribution in [-0.2, 0) is 15.7 Å². The maximum Gasteiger partial charge on any atom is 0.417 e. The number of pyridine rings is 2. The number of rotatable bonds is 6. The molecule has 1 amide bonds. The zero-order valence-electron chi connectivity index (χ0n) is 21.8. The molecule has 0 spiro atoms. The molecule has 0 aliphatic carbocycles. The van der Waals surface area contributed by atoms with Crippen LogP contribution in [0, 0.1) is 0 Å². The third-order valence-electron chi connectivity index (χ3n) is 6.70. The Morgan fingerprint density at radius 2 is 1.82 bits per heavy atom. The van der Waals surface area contributed by atoms with E-state index in [1.807, 2.05) is 4.90 Å². The van der Waals surface area contributed by atoms with Gasteiger partial charge < -0.3 is 30.3 Å². The van der Waals surface area contributed by atoms with Crippen LogP contribution in [0.3, 0.4) is 0 Å². The molecule has 0 radical (unpaired) electrons. The second-order valence-electron chi connectivity index (χ2n) is 9.52. The molecule has 0 bridgehead atoms. The number of halogens is 3. The summed E-state index contributed by atoms with van der Waals surface area (Å²) in [5.41, 5.74) is 5.02. The average Bonchev–Trinajstić information content (AvgIpc) is 2.94. The number of nitrogens with one attached hydrogen (secondary N) is 1. The Kier molecular flexibility index (Phi) is 7.87. The van der Waals surface area contributed by atoms with Crippen molar-refractivity contribution in [2.45, 2.75) is 32.0 Å². The summed E-state index contributed by atoms with van der Waals surface area (Å²) in [6, 6.07) is 5.68. The van der Waals surface area contributed by atoms with Gasteiger partial charge in [0.1, 0.15) is 17.7 Å². The number of likely N-dealkylation sites (tertiary alicyclic amines) is 1. The molecule has 0 saturated carbocycles. The van der Waals surface area contributed by atoms with Crippen LogP contribution in [0.4, 0.5) is 36.4 Å². The molecule has 3 aromatic heterocycles.